The van der Waals surface area contributed by atoms with Gasteiger partial charge < -0.3 is 4.90 Å². The molecule has 0 radical (unpaired) electrons. The zero-order valence-corrected chi connectivity index (χ0v) is 15.6. The van der Waals surface area contributed by atoms with Gasteiger partial charge in [0.1, 0.15) is 6.04 Å². The summed E-state index contributed by atoms with van der Waals surface area (Å²) in [6.07, 6.45) is 4.23. The van der Waals surface area contributed by atoms with E-state index < -0.39 is 0 Å². The molecule has 2 aliphatic heterocycles. The third-order valence-corrected chi connectivity index (χ3v) is 5.82. The van der Waals surface area contributed by atoms with Gasteiger partial charge in [0.25, 0.3) is 0 Å². The summed E-state index contributed by atoms with van der Waals surface area (Å²) in [6.45, 7) is 1.59. The van der Waals surface area contributed by atoms with Crippen molar-refractivity contribution in [1.82, 2.24) is 4.90 Å². The van der Waals surface area contributed by atoms with Crippen LogP contribution >= 0.6 is 0 Å². The molecule has 0 aliphatic carbocycles. The van der Waals surface area contributed by atoms with Crippen molar-refractivity contribution in [2.75, 3.05) is 18.0 Å². The molecule has 2 fully saturated rings. The summed E-state index contributed by atoms with van der Waals surface area (Å²) in [5, 5.41) is 0. The van der Waals surface area contributed by atoms with Gasteiger partial charge in [-0.2, -0.15) is 0 Å². The predicted octanol–water partition coefficient (Wildman–Crippen LogP) is 3.66. The maximum Gasteiger partial charge on any atom is 0.245 e. The molecule has 1 atom stereocenters. The van der Waals surface area contributed by atoms with Gasteiger partial charge in [-0.05, 0) is 49.3 Å². The second kappa shape index (κ2) is 7.95. The number of anilines is 1. The van der Waals surface area contributed by atoms with Crippen molar-refractivity contribution in [3.05, 3.63) is 66.2 Å². The van der Waals surface area contributed by atoms with Gasteiger partial charge >= 0.3 is 0 Å². The van der Waals surface area contributed by atoms with Crippen LogP contribution in [0.3, 0.4) is 0 Å². The normalized spacial score (nSPS) is 20.9. The van der Waals surface area contributed by atoms with Crippen molar-refractivity contribution in [3.63, 3.8) is 0 Å². The Morgan fingerprint density at radius 1 is 0.889 bits per heavy atom. The van der Waals surface area contributed by atoms with E-state index in [-0.39, 0.29) is 17.9 Å². The van der Waals surface area contributed by atoms with E-state index in [1.54, 1.807) is 4.90 Å². The molecule has 2 aromatic carbocycles. The van der Waals surface area contributed by atoms with Crippen LogP contribution in [0, 0.1) is 5.92 Å². The van der Waals surface area contributed by atoms with E-state index in [4.69, 9.17) is 0 Å². The molecule has 4 nitrogen and oxygen atoms in total. The molecule has 2 saturated heterocycles. The van der Waals surface area contributed by atoms with E-state index in [9.17, 15) is 9.59 Å². The summed E-state index contributed by atoms with van der Waals surface area (Å²) in [6, 6.07) is 19.8. The predicted molar refractivity (Wildman–Crippen MR) is 106 cm³/mol. The van der Waals surface area contributed by atoms with Crippen molar-refractivity contribution in [3.8, 4) is 0 Å². The minimum Gasteiger partial charge on any atom is -0.341 e. The summed E-state index contributed by atoms with van der Waals surface area (Å²) in [4.78, 5) is 29.2. The quantitative estimate of drug-likeness (QED) is 0.833. The molecular formula is C23H26N2O2. The molecule has 2 aliphatic rings. The number of amides is 2. The number of hydrogen-bond donors (Lipinski definition) is 0. The number of para-hydroxylation sites is 1. The number of carbonyl (C=O) groups is 2. The third-order valence-electron chi connectivity index (χ3n) is 5.82. The molecule has 4 heteroatoms. The molecular weight excluding hydrogens is 336 g/mol. The standard InChI is InChI=1S/C23H26N2O2/c26-22-12-11-21(25(22)20-9-5-2-6-10-20)23(27)24-15-13-19(14-16-24)17-18-7-3-1-4-8-18/h1-10,19,21H,11-17H2. The summed E-state index contributed by atoms with van der Waals surface area (Å²) >= 11 is 0. The Hall–Kier alpha value is -2.62. The van der Waals surface area contributed by atoms with Gasteiger partial charge in [-0.1, -0.05) is 48.5 Å². The van der Waals surface area contributed by atoms with E-state index in [1.807, 2.05) is 41.3 Å². The maximum absolute atomic E-state index is 13.1. The van der Waals surface area contributed by atoms with E-state index in [2.05, 4.69) is 24.3 Å². The average molecular weight is 362 g/mol. The number of nitrogens with zero attached hydrogens (tertiary/aromatic N) is 2. The lowest BCUT2D eigenvalue weighted by Gasteiger charge is -2.35. The molecule has 2 heterocycles. The number of benzene rings is 2. The first kappa shape index (κ1) is 17.8. The summed E-state index contributed by atoms with van der Waals surface area (Å²) < 4.78 is 0. The Morgan fingerprint density at radius 2 is 1.52 bits per heavy atom. The zero-order chi connectivity index (χ0) is 18.6. The van der Waals surface area contributed by atoms with Crippen molar-refractivity contribution in [1.29, 1.82) is 0 Å². The number of hydrogen-bond acceptors (Lipinski definition) is 2. The summed E-state index contributed by atoms with van der Waals surface area (Å²) in [7, 11) is 0. The molecule has 140 valence electrons. The summed E-state index contributed by atoms with van der Waals surface area (Å²) in [5.41, 5.74) is 2.20. The number of rotatable bonds is 4. The Labute approximate surface area is 160 Å². The Balaban J connectivity index is 1.38. The lowest BCUT2D eigenvalue weighted by molar-refractivity contribution is -0.134. The molecule has 0 saturated carbocycles. The van der Waals surface area contributed by atoms with Crippen LogP contribution in [0.15, 0.2) is 60.7 Å². The first-order valence-corrected chi connectivity index (χ1v) is 9.92. The fourth-order valence-corrected chi connectivity index (χ4v) is 4.35. The Kier molecular flexibility index (Phi) is 5.23. The number of piperidine rings is 1. The fraction of sp³-hybridized carbons (Fsp3) is 0.391. The monoisotopic (exact) mass is 362 g/mol. The van der Waals surface area contributed by atoms with Gasteiger partial charge in [0, 0.05) is 25.2 Å². The molecule has 0 N–H and O–H groups in total. The van der Waals surface area contributed by atoms with Crippen molar-refractivity contribution in [2.45, 2.75) is 38.1 Å². The second-order valence-electron chi connectivity index (χ2n) is 7.61. The zero-order valence-electron chi connectivity index (χ0n) is 15.6. The molecule has 1 unspecified atom stereocenters. The van der Waals surface area contributed by atoms with E-state index in [0.29, 0.717) is 18.8 Å². The van der Waals surface area contributed by atoms with Crippen LogP contribution in [0.5, 0.6) is 0 Å². The molecule has 2 amide bonds. The molecule has 27 heavy (non-hydrogen) atoms. The summed E-state index contributed by atoms with van der Waals surface area (Å²) in [5.74, 6) is 0.799. The van der Waals surface area contributed by atoms with Gasteiger partial charge in [-0.25, -0.2) is 0 Å². The maximum atomic E-state index is 13.1. The van der Waals surface area contributed by atoms with E-state index >= 15 is 0 Å². The van der Waals surface area contributed by atoms with Crippen molar-refractivity contribution < 1.29 is 9.59 Å². The smallest absolute Gasteiger partial charge is 0.245 e. The van der Waals surface area contributed by atoms with E-state index in [1.165, 1.54) is 5.56 Å². The molecule has 4 rings (SSSR count). The Bertz CT molecular complexity index is 783. The lowest BCUT2D eigenvalue weighted by atomic mass is 9.90. The Morgan fingerprint density at radius 3 is 2.19 bits per heavy atom. The number of likely N-dealkylation sites (tertiary alicyclic amines) is 1. The van der Waals surface area contributed by atoms with Gasteiger partial charge in [-0.3, -0.25) is 14.5 Å². The molecule has 0 aromatic heterocycles. The average Bonchev–Trinajstić information content (AvgIpc) is 3.11. The first-order chi connectivity index (χ1) is 13.2. The van der Waals surface area contributed by atoms with Crippen LogP contribution in [0.4, 0.5) is 5.69 Å². The van der Waals surface area contributed by atoms with Crippen LogP contribution in [-0.4, -0.2) is 35.8 Å². The van der Waals surface area contributed by atoms with Gasteiger partial charge in [0.05, 0.1) is 0 Å². The van der Waals surface area contributed by atoms with E-state index in [0.717, 1.165) is 38.0 Å². The van der Waals surface area contributed by atoms with Crippen LogP contribution in [0.1, 0.15) is 31.2 Å². The highest BCUT2D eigenvalue weighted by molar-refractivity contribution is 6.03. The highest BCUT2D eigenvalue weighted by Crippen LogP contribution is 2.29. The van der Waals surface area contributed by atoms with Crippen molar-refractivity contribution in [2.24, 2.45) is 5.92 Å². The van der Waals surface area contributed by atoms with Gasteiger partial charge in [0.15, 0.2) is 0 Å². The van der Waals surface area contributed by atoms with Crippen LogP contribution < -0.4 is 4.90 Å². The van der Waals surface area contributed by atoms with Crippen LogP contribution in [0.2, 0.25) is 0 Å². The highest BCUT2D eigenvalue weighted by Gasteiger charge is 2.39. The van der Waals surface area contributed by atoms with Crippen LogP contribution in [0.25, 0.3) is 0 Å². The lowest BCUT2D eigenvalue weighted by Crippen LogP contribution is -2.49. The number of carbonyl (C=O) groups excluding carboxylic acids is 2. The van der Waals surface area contributed by atoms with Crippen molar-refractivity contribution >= 4 is 17.5 Å². The minimum atomic E-state index is -0.342. The first-order valence-electron chi connectivity index (χ1n) is 9.92. The third kappa shape index (κ3) is 3.90. The molecule has 0 bridgehead atoms. The van der Waals surface area contributed by atoms with Gasteiger partial charge in [-0.15, -0.1) is 0 Å². The minimum absolute atomic E-state index is 0.0542. The highest BCUT2D eigenvalue weighted by atomic mass is 16.2. The second-order valence-corrected chi connectivity index (χ2v) is 7.61. The van der Waals surface area contributed by atoms with Gasteiger partial charge in [0.2, 0.25) is 11.8 Å². The molecule has 0 spiro atoms. The fourth-order valence-electron chi connectivity index (χ4n) is 4.35. The largest absolute Gasteiger partial charge is 0.341 e. The molecule has 2 aromatic rings. The SMILES string of the molecule is O=C(C1CCC(=O)N1c1ccccc1)N1CCC(Cc2ccccc2)CC1. The topological polar surface area (TPSA) is 40.6 Å². The van der Waals surface area contributed by atoms with Crippen LogP contribution in [-0.2, 0) is 16.0 Å².